The van der Waals surface area contributed by atoms with Gasteiger partial charge in [-0.2, -0.15) is 0 Å². The predicted octanol–water partition coefficient (Wildman–Crippen LogP) is 4.00. The molecule has 0 bridgehead atoms. The molecular weight excluding hydrogens is 485 g/mol. The first-order valence-corrected chi connectivity index (χ1v) is 11.3. The van der Waals surface area contributed by atoms with Crippen LogP contribution < -0.4 is 10.2 Å². The van der Waals surface area contributed by atoms with Crippen LogP contribution in [0.3, 0.4) is 0 Å². The van der Waals surface area contributed by atoms with Crippen LogP contribution in [-0.2, 0) is 16.1 Å². The van der Waals surface area contributed by atoms with E-state index >= 15 is 0 Å². The molecule has 33 heavy (non-hydrogen) atoms. The maximum Gasteiger partial charge on any atom is 0.231 e. The summed E-state index contributed by atoms with van der Waals surface area (Å²) in [5, 5.41) is 4.10. The number of nitrogens with one attached hydrogen (secondary N) is 1. The van der Waals surface area contributed by atoms with Crippen molar-refractivity contribution in [1.29, 1.82) is 0 Å². The standard InChI is InChI=1S/C23H30ClN5O2.2ClH/c1-15(2)25-12-19(17-4-6-18(24)7-5-17)23(30)29-10-8-28(9-11-29)22-21-16(3)31-13-20(21)26-14-27-22;;/h4-7,14-16,19,25H,8-13H2,1-3H3;2*1H. The lowest BCUT2D eigenvalue weighted by Gasteiger charge is -2.38. The Hall–Kier alpha value is -1.64. The summed E-state index contributed by atoms with van der Waals surface area (Å²) in [6.45, 7) is 10.2. The highest BCUT2D eigenvalue weighted by atomic mass is 35.5. The van der Waals surface area contributed by atoms with E-state index in [0.717, 1.165) is 35.7 Å². The molecule has 2 aromatic rings. The number of halogens is 3. The quantitative estimate of drug-likeness (QED) is 0.626. The molecule has 2 aliphatic heterocycles. The summed E-state index contributed by atoms with van der Waals surface area (Å²) in [6, 6.07) is 7.92. The molecule has 1 saturated heterocycles. The first-order chi connectivity index (χ1) is 14.9. The fourth-order valence-electron chi connectivity index (χ4n) is 4.25. The molecule has 1 aromatic carbocycles. The number of nitrogens with zero attached hydrogens (tertiary/aromatic N) is 4. The molecule has 2 unspecified atom stereocenters. The highest BCUT2D eigenvalue weighted by Crippen LogP contribution is 2.35. The van der Waals surface area contributed by atoms with E-state index in [1.54, 1.807) is 6.33 Å². The van der Waals surface area contributed by atoms with Crippen LogP contribution >= 0.6 is 36.4 Å². The van der Waals surface area contributed by atoms with Gasteiger partial charge in [-0.3, -0.25) is 4.79 Å². The van der Waals surface area contributed by atoms with Crippen molar-refractivity contribution in [3.63, 3.8) is 0 Å². The van der Waals surface area contributed by atoms with Gasteiger partial charge in [0, 0.05) is 49.4 Å². The van der Waals surface area contributed by atoms with Gasteiger partial charge in [0.15, 0.2) is 0 Å². The fourth-order valence-corrected chi connectivity index (χ4v) is 4.37. The molecule has 10 heteroatoms. The molecule has 7 nitrogen and oxygen atoms in total. The van der Waals surface area contributed by atoms with Crippen molar-refractivity contribution < 1.29 is 9.53 Å². The molecule has 0 radical (unpaired) electrons. The molecule has 2 atom stereocenters. The molecule has 0 saturated carbocycles. The van der Waals surface area contributed by atoms with Gasteiger partial charge >= 0.3 is 0 Å². The molecule has 1 N–H and O–H groups in total. The van der Waals surface area contributed by atoms with Gasteiger partial charge in [-0.25, -0.2) is 9.97 Å². The Morgan fingerprint density at radius 1 is 1.15 bits per heavy atom. The molecule has 4 rings (SSSR count). The number of carbonyl (C=O) groups is 1. The van der Waals surface area contributed by atoms with E-state index in [-0.39, 0.29) is 42.7 Å². The molecular formula is C23H32Cl3N5O2. The minimum absolute atomic E-state index is 0. The highest BCUT2D eigenvalue weighted by molar-refractivity contribution is 6.30. The summed E-state index contributed by atoms with van der Waals surface area (Å²) in [5.74, 6) is 0.862. The molecule has 0 spiro atoms. The van der Waals surface area contributed by atoms with Crippen molar-refractivity contribution in [1.82, 2.24) is 20.2 Å². The number of piperazine rings is 1. The summed E-state index contributed by atoms with van der Waals surface area (Å²) in [5.41, 5.74) is 3.05. The average Bonchev–Trinajstić information content (AvgIpc) is 3.16. The molecule has 1 aromatic heterocycles. The second-order valence-corrected chi connectivity index (χ2v) is 8.93. The smallest absolute Gasteiger partial charge is 0.231 e. The Labute approximate surface area is 213 Å². The van der Waals surface area contributed by atoms with E-state index in [0.29, 0.717) is 37.3 Å². The molecule has 2 aliphatic rings. The first kappa shape index (κ1) is 27.6. The van der Waals surface area contributed by atoms with Gasteiger partial charge in [0.25, 0.3) is 0 Å². The highest BCUT2D eigenvalue weighted by Gasteiger charge is 2.32. The summed E-state index contributed by atoms with van der Waals surface area (Å²) in [4.78, 5) is 26.6. The Morgan fingerprint density at radius 2 is 1.82 bits per heavy atom. The van der Waals surface area contributed by atoms with Crippen LogP contribution in [0, 0.1) is 0 Å². The number of aromatic nitrogens is 2. The van der Waals surface area contributed by atoms with Crippen molar-refractivity contribution in [3.05, 3.63) is 52.4 Å². The summed E-state index contributed by atoms with van der Waals surface area (Å²) in [7, 11) is 0. The fraction of sp³-hybridized carbons (Fsp3) is 0.522. The first-order valence-electron chi connectivity index (χ1n) is 10.9. The van der Waals surface area contributed by atoms with Crippen LogP contribution in [0.25, 0.3) is 0 Å². The van der Waals surface area contributed by atoms with Gasteiger partial charge in [-0.15, -0.1) is 24.8 Å². The Balaban J connectivity index is 0.00000193. The van der Waals surface area contributed by atoms with E-state index in [1.807, 2.05) is 36.1 Å². The Bertz CT molecular complexity index is 921. The average molecular weight is 517 g/mol. The SMILES string of the molecule is CC(C)NCC(C(=O)N1CCN(c2ncnc3c2C(C)OC3)CC1)c1ccc(Cl)cc1.Cl.Cl. The Kier molecular flexibility index (Phi) is 10.2. The maximum absolute atomic E-state index is 13.5. The van der Waals surface area contributed by atoms with Crippen molar-refractivity contribution in [2.24, 2.45) is 0 Å². The van der Waals surface area contributed by atoms with Crippen molar-refractivity contribution >= 4 is 48.1 Å². The second-order valence-electron chi connectivity index (χ2n) is 8.49. The number of ether oxygens (including phenoxy) is 1. The monoisotopic (exact) mass is 515 g/mol. The lowest BCUT2D eigenvalue weighted by atomic mass is 9.96. The minimum Gasteiger partial charge on any atom is -0.367 e. The number of anilines is 1. The zero-order valence-corrected chi connectivity index (χ0v) is 21.6. The van der Waals surface area contributed by atoms with E-state index in [4.69, 9.17) is 16.3 Å². The van der Waals surface area contributed by atoms with Crippen LogP contribution in [0.5, 0.6) is 0 Å². The van der Waals surface area contributed by atoms with Crippen LogP contribution in [0.2, 0.25) is 5.02 Å². The van der Waals surface area contributed by atoms with Gasteiger partial charge in [0.1, 0.15) is 12.1 Å². The van der Waals surface area contributed by atoms with Crippen LogP contribution in [0.15, 0.2) is 30.6 Å². The van der Waals surface area contributed by atoms with E-state index < -0.39 is 0 Å². The van der Waals surface area contributed by atoms with Gasteiger partial charge in [-0.05, 0) is 24.6 Å². The van der Waals surface area contributed by atoms with Gasteiger partial charge in [0.05, 0.1) is 24.3 Å². The van der Waals surface area contributed by atoms with Crippen LogP contribution in [0.1, 0.15) is 49.6 Å². The zero-order valence-electron chi connectivity index (χ0n) is 19.2. The number of rotatable bonds is 6. The minimum atomic E-state index is -0.233. The molecule has 3 heterocycles. The number of benzene rings is 1. The number of hydrogen-bond acceptors (Lipinski definition) is 6. The normalized spacial score (nSPS) is 18.4. The second kappa shape index (κ2) is 12.2. The van der Waals surface area contributed by atoms with Crippen LogP contribution in [-0.4, -0.2) is 59.5 Å². The molecule has 1 amide bonds. The van der Waals surface area contributed by atoms with Gasteiger partial charge in [-0.1, -0.05) is 37.6 Å². The largest absolute Gasteiger partial charge is 0.367 e. The Morgan fingerprint density at radius 3 is 2.45 bits per heavy atom. The van der Waals surface area contributed by atoms with Crippen LogP contribution in [0.4, 0.5) is 5.82 Å². The van der Waals surface area contributed by atoms with E-state index in [1.165, 1.54) is 0 Å². The molecule has 0 aliphatic carbocycles. The lowest BCUT2D eigenvalue weighted by molar-refractivity contribution is -0.133. The zero-order chi connectivity index (χ0) is 22.0. The third-order valence-corrected chi connectivity index (χ3v) is 6.27. The van der Waals surface area contributed by atoms with Crippen molar-refractivity contribution in [2.75, 3.05) is 37.6 Å². The summed E-state index contributed by atoms with van der Waals surface area (Å²) < 4.78 is 5.74. The third-order valence-electron chi connectivity index (χ3n) is 6.01. The predicted molar refractivity (Wildman–Crippen MR) is 136 cm³/mol. The number of fused-ring (bicyclic) bond motifs is 1. The molecule has 182 valence electrons. The van der Waals surface area contributed by atoms with Crippen molar-refractivity contribution in [3.8, 4) is 0 Å². The van der Waals surface area contributed by atoms with E-state index in [2.05, 4.69) is 34.0 Å². The number of amides is 1. The lowest BCUT2D eigenvalue weighted by Crippen LogP contribution is -2.51. The van der Waals surface area contributed by atoms with Gasteiger partial charge in [0.2, 0.25) is 5.91 Å². The van der Waals surface area contributed by atoms with Crippen molar-refractivity contribution in [2.45, 2.75) is 45.4 Å². The summed E-state index contributed by atoms with van der Waals surface area (Å²) >= 11 is 6.06. The number of carbonyl (C=O) groups excluding carboxylic acids is 1. The van der Waals surface area contributed by atoms with Gasteiger partial charge < -0.3 is 19.9 Å². The third kappa shape index (κ3) is 6.28. The van der Waals surface area contributed by atoms with E-state index in [9.17, 15) is 4.79 Å². The topological polar surface area (TPSA) is 70.6 Å². The number of hydrogen-bond donors (Lipinski definition) is 1. The summed E-state index contributed by atoms with van der Waals surface area (Å²) in [6.07, 6.45) is 1.61. The molecule has 1 fully saturated rings. The maximum atomic E-state index is 13.5.